The van der Waals surface area contributed by atoms with E-state index in [0.717, 1.165) is 26.1 Å². The smallest absolute Gasteiger partial charge is 0.243 e. The lowest BCUT2D eigenvalue weighted by Crippen LogP contribution is -2.48. The fourth-order valence-corrected chi connectivity index (χ4v) is 4.20. The van der Waals surface area contributed by atoms with E-state index in [0.29, 0.717) is 30.5 Å². The molecule has 136 valence electrons. The summed E-state index contributed by atoms with van der Waals surface area (Å²) in [6.07, 6.45) is 1.14. The topological polar surface area (TPSA) is 59.1 Å². The fraction of sp³-hybridized carbons (Fsp3) is 0.647. The largest absolute Gasteiger partial charge is 0.493 e. The number of hydrogen-bond donors (Lipinski definition) is 0. The Hall–Kier alpha value is -1.31. The van der Waals surface area contributed by atoms with E-state index in [4.69, 9.17) is 9.47 Å². The molecule has 1 fully saturated rings. The Labute approximate surface area is 145 Å². The maximum absolute atomic E-state index is 12.8. The van der Waals surface area contributed by atoms with Gasteiger partial charge in [-0.15, -0.1) is 0 Å². The van der Waals surface area contributed by atoms with Gasteiger partial charge in [0.2, 0.25) is 10.0 Å². The third kappa shape index (κ3) is 4.40. The molecule has 0 spiro atoms. The molecule has 0 atom stereocenters. The first-order valence-electron chi connectivity index (χ1n) is 8.33. The second-order valence-electron chi connectivity index (χ2n) is 6.45. The molecular formula is C17H28N2O4S. The van der Waals surface area contributed by atoms with E-state index in [1.807, 2.05) is 0 Å². The molecule has 1 aromatic carbocycles. The lowest BCUT2D eigenvalue weighted by atomic mass is 10.1. The molecule has 0 amide bonds. The minimum absolute atomic E-state index is 0.246. The molecule has 0 saturated carbocycles. The zero-order chi connectivity index (χ0) is 17.7. The Morgan fingerprint density at radius 3 is 2.21 bits per heavy atom. The summed E-state index contributed by atoms with van der Waals surface area (Å²) < 4.78 is 37.6. The van der Waals surface area contributed by atoms with Crippen LogP contribution in [0.3, 0.4) is 0 Å². The first-order valence-corrected chi connectivity index (χ1v) is 9.77. The van der Waals surface area contributed by atoms with Crippen molar-refractivity contribution in [2.24, 2.45) is 5.92 Å². The zero-order valence-corrected chi connectivity index (χ0v) is 15.8. The highest BCUT2D eigenvalue weighted by molar-refractivity contribution is 7.89. The molecule has 1 saturated heterocycles. The Morgan fingerprint density at radius 2 is 1.67 bits per heavy atom. The van der Waals surface area contributed by atoms with Gasteiger partial charge in [0.15, 0.2) is 11.5 Å². The number of piperazine rings is 1. The van der Waals surface area contributed by atoms with Crippen molar-refractivity contribution >= 4 is 10.0 Å². The summed E-state index contributed by atoms with van der Waals surface area (Å²) in [5, 5.41) is 0. The lowest BCUT2D eigenvalue weighted by molar-refractivity contribution is 0.180. The molecule has 1 aromatic rings. The van der Waals surface area contributed by atoms with Gasteiger partial charge >= 0.3 is 0 Å². The third-order valence-corrected chi connectivity index (χ3v) is 6.24. The Morgan fingerprint density at radius 1 is 1.04 bits per heavy atom. The van der Waals surface area contributed by atoms with Gasteiger partial charge in [0.25, 0.3) is 0 Å². The summed E-state index contributed by atoms with van der Waals surface area (Å²) >= 11 is 0. The molecule has 0 radical (unpaired) electrons. The van der Waals surface area contributed by atoms with Crippen molar-refractivity contribution in [1.82, 2.24) is 9.21 Å². The van der Waals surface area contributed by atoms with Crippen molar-refractivity contribution in [3.05, 3.63) is 18.2 Å². The standard InChI is InChI=1S/C17H28N2O4S/c1-14(2)7-8-18-9-11-19(12-10-18)24(20,21)15-5-6-16(22-3)17(13-15)23-4/h5-6,13-14H,7-12H2,1-4H3. The number of methoxy groups -OCH3 is 2. The van der Waals surface area contributed by atoms with Gasteiger partial charge in [0.1, 0.15) is 0 Å². The van der Waals surface area contributed by atoms with Crippen LogP contribution in [0.25, 0.3) is 0 Å². The minimum atomic E-state index is -3.50. The van der Waals surface area contributed by atoms with Crippen molar-refractivity contribution in [2.75, 3.05) is 46.9 Å². The van der Waals surface area contributed by atoms with E-state index in [1.54, 1.807) is 16.4 Å². The van der Waals surface area contributed by atoms with Gasteiger partial charge < -0.3 is 14.4 Å². The molecule has 0 bridgehead atoms. The van der Waals surface area contributed by atoms with Crippen LogP contribution in [0.2, 0.25) is 0 Å². The van der Waals surface area contributed by atoms with Crippen LogP contribution < -0.4 is 9.47 Å². The summed E-state index contributed by atoms with van der Waals surface area (Å²) in [5.41, 5.74) is 0. The average Bonchev–Trinajstić information content (AvgIpc) is 2.59. The highest BCUT2D eigenvalue weighted by Crippen LogP contribution is 2.30. The van der Waals surface area contributed by atoms with Crippen molar-refractivity contribution in [1.29, 1.82) is 0 Å². The molecule has 0 N–H and O–H groups in total. The quantitative estimate of drug-likeness (QED) is 0.748. The van der Waals surface area contributed by atoms with Crippen molar-refractivity contribution < 1.29 is 17.9 Å². The fourth-order valence-electron chi connectivity index (χ4n) is 2.76. The van der Waals surface area contributed by atoms with Crippen LogP contribution in [0, 0.1) is 5.92 Å². The maximum atomic E-state index is 12.8. The highest BCUT2D eigenvalue weighted by atomic mass is 32.2. The van der Waals surface area contributed by atoms with Crippen LogP contribution in [0.4, 0.5) is 0 Å². The van der Waals surface area contributed by atoms with Crippen LogP contribution in [0.1, 0.15) is 20.3 Å². The highest BCUT2D eigenvalue weighted by Gasteiger charge is 2.29. The Kier molecular flexibility index (Phi) is 6.48. The van der Waals surface area contributed by atoms with E-state index < -0.39 is 10.0 Å². The first kappa shape index (κ1) is 19.0. The maximum Gasteiger partial charge on any atom is 0.243 e. The molecule has 0 unspecified atom stereocenters. The van der Waals surface area contributed by atoms with Gasteiger partial charge in [-0.05, 0) is 31.0 Å². The summed E-state index contributed by atoms with van der Waals surface area (Å²) in [7, 11) is -0.471. The predicted octanol–water partition coefficient (Wildman–Crippen LogP) is 2.06. The van der Waals surface area contributed by atoms with Crippen LogP contribution in [-0.2, 0) is 10.0 Å². The van der Waals surface area contributed by atoms with Crippen LogP contribution in [0.15, 0.2) is 23.1 Å². The number of hydrogen-bond acceptors (Lipinski definition) is 5. The van der Waals surface area contributed by atoms with Gasteiger partial charge in [0, 0.05) is 32.2 Å². The molecule has 24 heavy (non-hydrogen) atoms. The van der Waals surface area contributed by atoms with Gasteiger partial charge in [-0.3, -0.25) is 0 Å². The number of rotatable bonds is 7. The molecule has 0 aliphatic carbocycles. The molecule has 1 heterocycles. The zero-order valence-electron chi connectivity index (χ0n) is 15.0. The molecule has 6 nitrogen and oxygen atoms in total. The molecule has 2 rings (SSSR count). The predicted molar refractivity (Wildman–Crippen MR) is 94.2 cm³/mol. The number of nitrogens with zero attached hydrogens (tertiary/aromatic N) is 2. The summed E-state index contributed by atoms with van der Waals surface area (Å²) in [6.45, 7) is 8.04. The first-order chi connectivity index (χ1) is 11.4. The van der Waals surface area contributed by atoms with Crippen LogP contribution >= 0.6 is 0 Å². The monoisotopic (exact) mass is 356 g/mol. The van der Waals surface area contributed by atoms with Crippen molar-refractivity contribution in [3.63, 3.8) is 0 Å². The van der Waals surface area contributed by atoms with E-state index in [2.05, 4.69) is 18.7 Å². The second kappa shape index (κ2) is 8.18. The van der Waals surface area contributed by atoms with E-state index in [9.17, 15) is 8.42 Å². The van der Waals surface area contributed by atoms with Crippen LogP contribution in [-0.4, -0.2) is 64.6 Å². The van der Waals surface area contributed by atoms with Crippen LogP contribution in [0.5, 0.6) is 11.5 Å². The van der Waals surface area contributed by atoms with Gasteiger partial charge in [-0.2, -0.15) is 4.31 Å². The average molecular weight is 356 g/mol. The normalized spacial score (nSPS) is 17.2. The summed E-state index contributed by atoms with van der Waals surface area (Å²) in [4.78, 5) is 2.58. The van der Waals surface area contributed by atoms with Gasteiger partial charge in [-0.25, -0.2) is 8.42 Å². The number of ether oxygens (including phenoxy) is 2. The molecule has 0 aromatic heterocycles. The summed E-state index contributed by atoms with van der Waals surface area (Å²) in [6, 6.07) is 4.73. The second-order valence-corrected chi connectivity index (χ2v) is 8.38. The van der Waals surface area contributed by atoms with E-state index >= 15 is 0 Å². The number of sulfonamides is 1. The molecular weight excluding hydrogens is 328 g/mol. The molecule has 1 aliphatic heterocycles. The van der Waals surface area contributed by atoms with Crippen molar-refractivity contribution in [2.45, 2.75) is 25.2 Å². The molecule has 1 aliphatic rings. The Balaban J connectivity index is 2.06. The minimum Gasteiger partial charge on any atom is -0.493 e. The van der Waals surface area contributed by atoms with Crippen molar-refractivity contribution in [3.8, 4) is 11.5 Å². The van der Waals surface area contributed by atoms with E-state index in [-0.39, 0.29) is 4.90 Å². The SMILES string of the molecule is COc1ccc(S(=O)(=O)N2CCN(CCC(C)C)CC2)cc1OC. The third-order valence-electron chi connectivity index (χ3n) is 4.35. The lowest BCUT2D eigenvalue weighted by Gasteiger charge is -2.34. The summed E-state index contributed by atoms with van der Waals surface area (Å²) in [5.74, 6) is 1.61. The van der Waals surface area contributed by atoms with Gasteiger partial charge in [0.05, 0.1) is 19.1 Å². The number of benzene rings is 1. The van der Waals surface area contributed by atoms with E-state index in [1.165, 1.54) is 20.3 Å². The molecule has 7 heteroatoms. The Bertz CT molecular complexity index is 638. The van der Waals surface area contributed by atoms with Gasteiger partial charge in [-0.1, -0.05) is 13.8 Å².